The molecule has 3 nitrogen and oxygen atoms in total. The van der Waals surface area contributed by atoms with Crippen LogP contribution in [0.1, 0.15) is 0 Å². The monoisotopic (exact) mass is 204 g/mol. The van der Waals surface area contributed by atoms with Crippen LogP contribution in [0.2, 0.25) is 0 Å². The molecule has 1 atom stereocenters. The summed E-state index contributed by atoms with van der Waals surface area (Å²) >= 11 is 0.341. The van der Waals surface area contributed by atoms with Gasteiger partial charge < -0.3 is 10.2 Å². The van der Waals surface area contributed by atoms with Crippen molar-refractivity contribution in [3.05, 3.63) is 0 Å². The van der Waals surface area contributed by atoms with Gasteiger partial charge >= 0.3 is 12.1 Å². The number of hydrogen-bond donors (Lipinski definition) is 2. The quantitative estimate of drug-likeness (QED) is 0.708. The molecular formula is C5H7F3O3S. The lowest BCUT2D eigenvalue weighted by atomic mass is 10.4. The molecule has 0 aliphatic carbocycles. The lowest BCUT2D eigenvalue weighted by Crippen LogP contribution is -2.23. The number of carboxylic acid groups (broad SMARTS) is 1. The Hall–Kier alpha value is -0.430. The molecule has 0 aromatic rings. The van der Waals surface area contributed by atoms with Crippen molar-refractivity contribution in [2.24, 2.45) is 0 Å². The van der Waals surface area contributed by atoms with E-state index < -0.39 is 29.8 Å². The fraction of sp³-hybridized carbons (Fsp3) is 0.800. The van der Waals surface area contributed by atoms with Crippen LogP contribution in [0.15, 0.2) is 0 Å². The minimum absolute atomic E-state index is 0.341. The van der Waals surface area contributed by atoms with Gasteiger partial charge in [0.15, 0.2) is 6.10 Å². The molecule has 0 bridgehead atoms. The van der Waals surface area contributed by atoms with Crippen molar-refractivity contribution in [2.75, 3.05) is 11.5 Å². The summed E-state index contributed by atoms with van der Waals surface area (Å²) < 4.78 is 34.4. The van der Waals surface area contributed by atoms with Gasteiger partial charge in [-0.3, -0.25) is 0 Å². The number of carbonyl (C=O) groups is 1. The van der Waals surface area contributed by atoms with E-state index in [1.165, 1.54) is 0 Å². The van der Waals surface area contributed by atoms with Crippen LogP contribution < -0.4 is 0 Å². The van der Waals surface area contributed by atoms with Crippen LogP contribution in [0, 0.1) is 0 Å². The highest BCUT2D eigenvalue weighted by Crippen LogP contribution is 2.21. The highest BCUT2D eigenvalue weighted by molar-refractivity contribution is 7.99. The molecule has 2 N–H and O–H groups in total. The van der Waals surface area contributed by atoms with Crippen LogP contribution in [0.3, 0.4) is 0 Å². The second-order valence-corrected chi connectivity index (χ2v) is 3.01. The number of alkyl halides is 3. The zero-order valence-electron chi connectivity index (χ0n) is 5.84. The number of aliphatic hydroxyl groups excluding tert-OH is 1. The predicted molar refractivity (Wildman–Crippen MR) is 37.0 cm³/mol. The maximum Gasteiger partial charge on any atom is 0.397 e. The standard InChI is InChI=1S/C5H7F3O3S/c6-5(7,8)2-12-1-3(9)4(10)11/h3,9H,1-2H2,(H,10,11)/t3-/m0/s1. The summed E-state index contributed by atoms with van der Waals surface area (Å²) in [4.78, 5) is 9.91. The summed E-state index contributed by atoms with van der Waals surface area (Å²) in [6.07, 6.45) is -6.04. The smallest absolute Gasteiger partial charge is 0.397 e. The topological polar surface area (TPSA) is 57.5 Å². The largest absolute Gasteiger partial charge is 0.479 e. The van der Waals surface area contributed by atoms with Gasteiger partial charge in [-0.25, -0.2) is 4.79 Å². The Balaban J connectivity index is 3.51. The summed E-state index contributed by atoms with van der Waals surface area (Å²) in [5, 5.41) is 16.6. The van der Waals surface area contributed by atoms with Crippen molar-refractivity contribution in [1.29, 1.82) is 0 Å². The number of carboxylic acids is 1. The number of thioether (sulfide) groups is 1. The maximum absolute atomic E-state index is 11.5. The molecule has 12 heavy (non-hydrogen) atoms. The number of aliphatic carboxylic acids is 1. The van der Waals surface area contributed by atoms with E-state index >= 15 is 0 Å². The van der Waals surface area contributed by atoms with Crippen molar-refractivity contribution in [3.63, 3.8) is 0 Å². The lowest BCUT2D eigenvalue weighted by molar-refractivity contribution is -0.145. The van der Waals surface area contributed by atoms with Crippen LogP contribution in [-0.4, -0.2) is 40.0 Å². The van der Waals surface area contributed by atoms with Gasteiger partial charge in [-0.05, 0) is 0 Å². The first-order valence-electron chi connectivity index (χ1n) is 2.88. The molecule has 0 amide bonds. The molecule has 0 heterocycles. The van der Waals surface area contributed by atoms with Gasteiger partial charge in [0.25, 0.3) is 0 Å². The third-order valence-corrected chi connectivity index (χ3v) is 1.91. The molecule has 7 heteroatoms. The highest BCUT2D eigenvalue weighted by atomic mass is 32.2. The summed E-state index contributed by atoms with van der Waals surface area (Å²) in [5.41, 5.74) is 0. The number of hydrogen-bond acceptors (Lipinski definition) is 3. The SMILES string of the molecule is O=C(O)[C@@H](O)CSCC(F)(F)F. The van der Waals surface area contributed by atoms with Gasteiger partial charge in [0.2, 0.25) is 0 Å². The average Bonchev–Trinajstić information content (AvgIpc) is 1.84. The van der Waals surface area contributed by atoms with E-state index in [4.69, 9.17) is 10.2 Å². The van der Waals surface area contributed by atoms with Crippen LogP contribution in [0.4, 0.5) is 13.2 Å². The molecule has 0 rings (SSSR count). The molecule has 0 fully saturated rings. The normalized spacial score (nSPS) is 14.3. The van der Waals surface area contributed by atoms with Gasteiger partial charge in [0.1, 0.15) is 0 Å². The first-order valence-corrected chi connectivity index (χ1v) is 4.04. The van der Waals surface area contributed by atoms with E-state index in [1.54, 1.807) is 0 Å². The lowest BCUT2D eigenvalue weighted by Gasteiger charge is -2.07. The minimum atomic E-state index is -4.32. The second kappa shape index (κ2) is 4.56. The van der Waals surface area contributed by atoms with Crippen LogP contribution in [0.25, 0.3) is 0 Å². The molecule has 0 saturated carbocycles. The summed E-state index contributed by atoms with van der Waals surface area (Å²) in [6.45, 7) is 0. The van der Waals surface area contributed by atoms with Gasteiger partial charge in [0.05, 0.1) is 5.75 Å². The molecule has 0 unspecified atom stereocenters. The fourth-order valence-corrected chi connectivity index (χ4v) is 1.07. The van der Waals surface area contributed by atoms with E-state index in [2.05, 4.69) is 0 Å². The summed E-state index contributed by atoms with van der Waals surface area (Å²) in [5.74, 6) is -3.10. The molecule has 0 saturated heterocycles. The number of rotatable bonds is 4. The van der Waals surface area contributed by atoms with E-state index in [1.807, 2.05) is 0 Å². The van der Waals surface area contributed by atoms with Crippen LogP contribution in [-0.2, 0) is 4.79 Å². The fourth-order valence-electron chi connectivity index (χ4n) is 0.358. The zero-order valence-corrected chi connectivity index (χ0v) is 6.65. The van der Waals surface area contributed by atoms with Crippen molar-refractivity contribution in [3.8, 4) is 0 Å². The van der Waals surface area contributed by atoms with E-state index in [0.717, 1.165) is 0 Å². The molecule has 0 aliphatic heterocycles. The van der Waals surface area contributed by atoms with Gasteiger partial charge in [-0.15, -0.1) is 11.8 Å². The Morgan fingerprint density at radius 1 is 1.50 bits per heavy atom. The van der Waals surface area contributed by atoms with Crippen molar-refractivity contribution in [1.82, 2.24) is 0 Å². The molecule has 0 aliphatic rings. The Kier molecular flexibility index (Phi) is 4.40. The van der Waals surface area contributed by atoms with Crippen molar-refractivity contribution in [2.45, 2.75) is 12.3 Å². The molecular weight excluding hydrogens is 197 g/mol. The van der Waals surface area contributed by atoms with Gasteiger partial charge in [-0.1, -0.05) is 0 Å². The molecule has 72 valence electrons. The molecule has 0 aromatic carbocycles. The van der Waals surface area contributed by atoms with Gasteiger partial charge in [-0.2, -0.15) is 13.2 Å². The zero-order chi connectivity index (χ0) is 9.78. The Labute approximate surface area is 70.6 Å². The molecule has 0 radical (unpaired) electrons. The third kappa shape index (κ3) is 6.29. The number of halogens is 3. The second-order valence-electron chi connectivity index (χ2n) is 1.98. The van der Waals surface area contributed by atoms with E-state index in [0.29, 0.717) is 11.8 Å². The molecule has 0 aromatic heterocycles. The summed E-state index contributed by atoms with van der Waals surface area (Å²) in [7, 11) is 0. The van der Waals surface area contributed by atoms with Crippen LogP contribution in [0.5, 0.6) is 0 Å². The average molecular weight is 204 g/mol. The third-order valence-electron chi connectivity index (χ3n) is 0.827. The Morgan fingerprint density at radius 3 is 2.33 bits per heavy atom. The van der Waals surface area contributed by atoms with E-state index in [-0.39, 0.29) is 0 Å². The Morgan fingerprint density at radius 2 is 2.00 bits per heavy atom. The Bertz CT molecular complexity index is 159. The first kappa shape index (κ1) is 11.6. The number of aliphatic hydroxyl groups is 1. The van der Waals surface area contributed by atoms with Crippen molar-refractivity contribution < 1.29 is 28.2 Å². The van der Waals surface area contributed by atoms with Crippen LogP contribution >= 0.6 is 11.8 Å². The highest BCUT2D eigenvalue weighted by Gasteiger charge is 2.27. The maximum atomic E-state index is 11.5. The van der Waals surface area contributed by atoms with Gasteiger partial charge in [0, 0.05) is 5.75 Å². The molecule has 0 spiro atoms. The summed E-state index contributed by atoms with van der Waals surface area (Å²) in [6, 6.07) is 0. The van der Waals surface area contributed by atoms with E-state index in [9.17, 15) is 18.0 Å². The first-order chi connectivity index (χ1) is 5.33. The van der Waals surface area contributed by atoms with Crippen molar-refractivity contribution >= 4 is 17.7 Å². The minimum Gasteiger partial charge on any atom is -0.479 e. The predicted octanol–water partition coefficient (Wildman–Crippen LogP) is 0.727.